The molecule has 0 aliphatic rings. The van der Waals surface area contributed by atoms with Crippen LogP contribution in [0.4, 0.5) is 10.5 Å². The van der Waals surface area contributed by atoms with Gasteiger partial charge >= 0.3 is 6.03 Å². The standard InChI is InChI=1S/C14H20N4O.ClH/c1-4-5-9-16-13(15)18-14(19)17-12-10(2)7-6-8-11(12)3;/h4-8H,9H2,1-3H3,(H4,15,16,17,18,19);1H. The Kier molecular flexibility index (Phi) is 8.08. The van der Waals surface area contributed by atoms with E-state index in [-0.39, 0.29) is 24.4 Å². The number of anilines is 1. The summed E-state index contributed by atoms with van der Waals surface area (Å²) in [5, 5.41) is 5.26. The maximum Gasteiger partial charge on any atom is 0.326 e. The maximum atomic E-state index is 11.8. The topological polar surface area (TPSA) is 79.5 Å². The number of nitrogens with zero attached hydrogens (tertiary/aromatic N) is 1. The first-order chi connectivity index (χ1) is 9.04. The SMILES string of the molecule is CC=CCN=C(N)NC(=O)Nc1c(C)cccc1C.Cl. The Morgan fingerprint density at radius 3 is 2.50 bits per heavy atom. The summed E-state index contributed by atoms with van der Waals surface area (Å²) in [4.78, 5) is 15.7. The average molecular weight is 297 g/mol. The number of carbonyl (C=O) groups excluding carboxylic acids is 1. The minimum atomic E-state index is -0.390. The third-order valence-corrected chi connectivity index (χ3v) is 2.56. The highest BCUT2D eigenvalue weighted by molar-refractivity contribution is 6.02. The van der Waals surface area contributed by atoms with Crippen molar-refractivity contribution < 1.29 is 4.79 Å². The highest BCUT2D eigenvalue weighted by Crippen LogP contribution is 2.18. The van der Waals surface area contributed by atoms with Gasteiger partial charge in [0, 0.05) is 5.69 Å². The van der Waals surface area contributed by atoms with Crippen molar-refractivity contribution in [3.8, 4) is 0 Å². The fraction of sp³-hybridized carbons (Fsp3) is 0.286. The van der Waals surface area contributed by atoms with Crippen molar-refractivity contribution in [2.24, 2.45) is 10.7 Å². The van der Waals surface area contributed by atoms with Gasteiger partial charge in [-0.1, -0.05) is 30.4 Å². The molecule has 0 aliphatic heterocycles. The second-order valence-electron chi connectivity index (χ2n) is 4.14. The molecule has 0 bridgehead atoms. The lowest BCUT2D eigenvalue weighted by Gasteiger charge is -2.11. The van der Waals surface area contributed by atoms with E-state index in [1.54, 1.807) is 0 Å². The van der Waals surface area contributed by atoms with Crippen LogP contribution >= 0.6 is 12.4 Å². The van der Waals surface area contributed by atoms with Crippen molar-refractivity contribution in [2.45, 2.75) is 20.8 Å². The van der Waals surface area contributed by atoms with E-state index in [1.165, 1.54) is 0 Å². The van der Waals surface area contributed by atoms with E-state index in [0.29, 0.717) is 6.54 Å². The van der Waals surface area contributed by atoms with Gasteiger partial charge in [-0.25, -0.2) is 9.79 Å². The zero-order valence-corrected chi connectivity index (χ0v) is 12.8. The smallest absolute Gasteiger partial charge is 0.326 e. The Morgan fingerprint density at radius 1 is 1.35 bits per heavy atom. The lowest BCUT2D eigenvalue weighted by molar-refractivity contribution is 0.256. The molecule has 0 saturated carbocycles. The van der Waals surface area contributed by atoms with Crippen LogP contribution in [0.15, 0.2) is 35.3 Å². The summed E-state index contributed by atoms with van der Waals surface area (Å²) in [5.74, 6) is 0.0989. The van der Waals surface area contributed by atoms with Gasteiger partial charge in [0.1, 0.15) is 0 Å². The van der Waals surface area contributed by atoms with Crippen molar-refractivity contribution in [1.29, 1.82) is 0 Å². The van der Waals surface area contributed by atoms with E-state index in [4.69, 9.17) is 5.73 Å². The first-order valence-corrected chi connectivity index (χ1v) is 6.10. The Balaban J connectivity index is 0.00000361. The van der Waals surface area contributed by atoms with Gasteiger partial charge in [0.2, 0.25) is 0 Å². The second kappa shape index (κ2) is 8.98. The van der Waals surface area contributed by atoms with Gasteiger partial charge in [0.15, 0.2) is 5.96 Å². The van der Waals surface area contributed by atoms with Gasteiger partial charge < -0.3 is 11.1 Å². The molecule has 1 aromatic carbocycles. The highest BCUT2D eigenvalue weighted by atomic mass is 35.5. The zero-order valence-electron chi connectivity index (χ0n) is 11.9. The largest absolute Gasteiger partial charge is 0.370 e. The highest BCUT2D eigenvalue weighted by Gasteiger charge is 2.07. The Bertz CT molecular complexity index is 492. The number of urea groups is 1. The molecular weight excluding hydrogens is 276 g/mol. The third-order valence-electron chi connectivity index (χ3n) is 2.56. The molecule has 0 radical (unpaired) electrons. The molecule has 0 aromatic heterocycles. The average Bonchev–Trinajstić information content (AvgIpc) is 2.34. The molecule has 0 spiro atoms. The number of para-hydroxylation sites is 1. The number of aliphatic imine (C=N–C) groups is 1. The van der Waals surface area contributed by atoms with Crippen LogP contribution in [0.5, 0.6) is 0 Å². The minimum absolute atomic E-state index is 0. The number of nitrogens with two attached hydrogens (primary N) is 1. The number of guanidine groups is 1. The number of halogens is 1. The van der Waals surface area contributed by atoms with Gasteiger partial charge in [0.25, 0.3) is 0 Å². The van der Waals surface area contributed by atoms with E-state index in [2.05, 4.69) is 15.6 Å². The van der Waals surface area contributed by atoms with Crippen molar-refractivity contribution in [3.05, 3.63) is 41.5 Å². The number of amides is 2. The van der Waals surface area contributed by atoms with Gasteiger partial charge in [-0.2, -0.15) is 0 Å². The molecule has 0 unspecified atom stereocenters. The van der Waals surface area contributed by atoms with Crippen LogP contribution in [0.1, 0.15) is 18.1 Å². The van der Waals surface area contributed by atoms with Gasteiger partial charge in [0.05, 0.1) is 6.54 Å². The first kappa shape index (κ1) is 18.0. The number of rotatable bonds is 3. The molecule has 0 atom stereocenters. The lowest BCUT2D eigenvalue weighted by Crippen LogP contribution is -2.39. The number of benzene rings is 1. The molecule has 1 aromatic rings. The molecule has 1 rings (SSSR count). The number of hydrogen-bond donors (Lipinski definition) is 3. The molecule has 0 saturated heterocycles. The molecule has 2 amide bonds. The Labute approximate surface area is 125 Å². The van der Waals surface area contributed by atoms with E-state index in [1.807, 2.05) is 51.1 Å². The summed E-state index contributed by atoms with van der Waals surface area (Å²) in [5.41, 5.74) is 8.38. The third kappa shape index (κ3) is 5.75. The molecule has 0 fully saturated rings. The predicted molar refractivity (Wildman–Crippen MR) is 86.6 cm³/mol. The number of carbonyl (C=O) groups is 1. The molecule has 6 heteroatoms. The molecule has 110 valence electrons. The summed E-state index contributed by atoms with van der Waals surface area (Å²) in [6.45, 7) is 6.22. The van der Waals surface area contributed by atoms with E-state index < -0.39 is 0 Å². The van der Waals surface area contributed by atoms with Crippen molar-refractivity contribution in [1.82, 2.24) is 5.32 Å². The monoisotopic (exact) mass is 296 g/mol. The van der Waals surface area contributed by atoms with E-state index in [0.717, 1.165) is 16.8 Å². The maximum absolute atomic E-state index is 11.8. The summed E-state index contributed by atoms with van der Waals surface area (Å²) >= 11 is 0. The summed E-state index contributed by atoms with van der Waals surface area (Å²) in [6, 6.07) is 5.43. The Hall–Kier alpha value is -2.01. The molecule has 0 heterocycles. The summed E-state index contributed by atoms with van der Waals surface area (Å²) in [7, 11) is 0. The number of nitrogens with one attached hydrogen (secondary N) is 2. The fourth-order valence-electron chi connectivity index (χ4n) is 1.57. The molecule has 5 nitrogen and oxygen atoms in total. The summed E-state index contributed by atoms with van der Waals surface area (Å²) in [6.07, 6.45) is 3.71. The van der Waals surface area contributed by atoms with Crippen molar-refractivity contribution in [3.63, 3.8) is 0 Å². The van der Waals surface area contributed by atoms with Crippen LogP contribution in [0, 0.1) is 13.8 Å². The second-order valence-corrected chi connectivity index (χ2v) is 4.14. The van der Waals surface area contributed by atoms with Crippen LogP contribution in [0.2, 0.25) is 0 Å². The number of allylic oxidation sites excluding steroid dienone is 1. The van der Waals surface area contributed by atoms with Gasteiger partial charge in [-0.3, -0.25) is 5.32 Å². The zero-order chi connectivity index (χ0) is 14.3. The fourth-order valence-corrected chi connectivity index (χ4v) is 1.57. The van der Waals surface area contributed by atoms with Gasteiger partial charge in [-0.05, 0) is 31.9 Å². The lowest BCUT2D eigenvalue weighted by atomic mass is 10.1. The van der Waals surface area contributed by atoms with Crippen molar-refractivity contribution >= 4 is 30.1 Å². The summed E-state index contributed by atoms with van der Waals surface area (Å²) < 4.78 is 0. The van der Waals surface area contributed by atoms with E-state index in [9.17, 15) is 4.79 Å². The minimum Gasteiger partial charge on any atom is -0.370 e. The Morgan fingerprint density at radius 2 is 1.95 bits per heavy atom. The molecule has 4 N–H and O–H groups in total. The molecule has 20 heavy (non-hydrogen) atoms. The molecular formula is C14H21ClN4O. The van der Waals surface area contributed by atoms with Crippen LogP contribution in [-0.4, -0.2) is 18.5 Å². The normalized spacial score (nSPS) is 11.1. The predicted octanol–water partition coefficient (Wildman–Crippen LogP) is 2.74. The van der Waals surface area contributed by atoms with Crippen LogP contribution < -0.4 is 16.4 Å². The molecule has 0 aliphatic carbocycles. The van der Waals surface area contributed by atoms with Crippen LogP contribution in [-0.2, 0) is 0 Å². The number of aryl methyl sites for hydroxylation is 2. The van der Waals surface area contributed by atoms with Crippen LogP contribution in [0.3, 0.4) is 0 Å². The first-order valence-electron chi connectivity index (χ1n) is 6.10. The van der Waals surface area contributed by atoms with Gasteiger partial charge in [-0.15, -0.1) is 12.4 Å². The quantitative estimate of drug-likeness (QED) is 0.455. The van der Waals surface area contributed by atoms with Crippen LogP contribution in [0.25, 0.3) is 0 Å². The number of hydrogen-bond acceptors (Lipinski definition) is 2. The van der Waals surface area contributed by atoms with E-state index >= 15 is 0 Å². The van der Waals surface area contributed by atoms with Crippen molar-refractivity contribution in [2.75, 3.05) is 11.9 Å².